The standard InChI is InChI=1S/C19H22ClN3O2S/c1-4-13(2)25-18-16(20)10-14(11-17(18)24-3)12-21-23-19(26)22-15-8-6-5-7-9-15/h5-13H,4H2,1-3H3,(H2,22,23,26)/b21-12+/t13-/m0/s1. The highest BCUT2D eigenvalue weighted by Gasteiger charge is 2.14. The van der Waals surface area contributed by atoms with Crippen molar-refractivity contribution >= 4 is 40.8 Å². The molecule has 138 valence electrons. The maximum absolute atomic E-state index is 6.34. The van der Waals surface area contributed by atoms with E-state index in [2.05, 4.69) is 15.8 Å². The summed E-state index contributed by atoms with van der Waals surface area (Å²) in [4.78, 5) is 0. The number of thiocarbonyl (C=S) groups is 1. The maximum atomic E-state index is 6.34. The number of anilines is 1. The summed E-state index contributed by atoms with van der Waals surface area (Å²) in [6.07, 6.45) is 2.53. The molecule has 0 aromatic heterocycles. The number of benzene rings is 2. The predicted octanol–water partition coefficient (Wildman–Crippen LogP) is 4.85. The summed E-state index contributed by atoms with van der Waals surface area (Å²) >= 11 is 11.5. The lowest BCUT2D eigenvalue weighted by atomic mass is 10.2. The molecule has 0 aliphatic rings. The molecular weight excluding hydrogens is 370 g/mol. The van der Waals surface area contributed by atoms with Crippen LogP contribution in [0.5, 0.6) is 11.5 Å². The van der Waals surface area contributed by atoms with Gasteiger partial charge in [-0.1, -0.05) is 36.7 Å². The molecule has 0 radical (unpaired) electrons. The minimum Gasteiger partial charge on any atom is -0.493 e. The van der Waals surface area contributed by atoms with Gasteiger partial charge in [-0.3, -0.25) is 5.43 Å². The van der Waals surface area contributed by atoms with Crippen LogP contribution in [0.1, 0.15) is 25.8 Å². The van der Waals surface area contributed by atoms with Crippen LogP contribution in [0.4, 0.5) is 5.69 Å². The quantitative estimate of drug-likeness (QED) is 0.401. The lowest BCUT2D eigenvalue weighted by molar-refractivity contribution is 0.208. The summed E-state index contributed by atoms with van der Waals surface area (Å²) in [7, 11) is 1.58. The van der Waals surface area contributed by atoms with Crippen LogP contribution in [0, 0.1) is 0 Å². The molecule has 5 nitrogen and oxygen atoms in total. The molecule has 0 saturated carbocycles. The van der Waals surface area contributed by atoms with E-state index >= 15 is 0 Å². The van der Waals surface area contributed by atoms with Gasteiger partial charge >= 0.3 is 0 Å². The van der Waals surface area contributed by atoms with Crippen molar-refractivity contribution in [2.75, 3.05) is 12.4 Å². The number of nitrogens with zero attached hydrogens (tertiary/aromatic N) is 1. The fraction of sp³-hybridized carbons (Fsp3) is 0.263. The first-order valence-electron chi connectivity index (χ1n) is 8.22. The molecule has 0 bridgehead atoms. The average molecular weight is 392 g/mol. The van der Waals surface area contributed by atoms with E-state index in [-0.39, 0.29) is 6.10 Å². The topological polar surface area (TPSA) is 54.9 Å². The Kier molecular flexibility index (Phi) is 7.69. The molecule has 0 amide bonds. The molecule has 0 spiro atoms. The average Bonchev–Trinajstić information content (AvgIpc) is 2.64. The Balaban J connectivity index is 2.03. The van der Waals surface area contributed by atoms with Gasteiger partial charge in [0, 0.05) is 5.69 Å². The summed E-state index contributed by atoms with van der Waals surface area (Å²) in [5.41, 5.74) is 4.42. The fourth-order valence-electron chi connectivity index (χ4n) is 2.06. The molecule has 0 unspecified atom stereocenters. The molecule has 1 atom stereocenters. The third-order valence-corrected chi connectivity index (χ3v) is 4.03. The van der Waals surface area contributed by atoms with Crippen LogP contribution in [0.15, 0.2) is 47.6 Å². The SMILES string of the molecule is CC[C@H](C)Oc1c(Cl)cc(/C=N/NC(=S)Nc2ccccc2)cc1OC. The van der Waals surface area contributed by atoms with Gasteiger partial charge in [0.1, 0.15) is 0 Å². The number of rotatable bonds is 7. The Morgan fingerprint density at radius 2 is 2.04 bits per heavy atom. The number of hydrogen-bond donors (Lipinski definition) is 2. The minimum absolute atomic E-state index is 0.0454. The molecule has 0 heterocycles. The van der Waals surface area contributed by atoms with Crippen molar-refractivity contribution in [1.82, 2.24) is 5.43 Å². The van der Waals surface area contributed by atoms with Crippen molar-refractivity contribution < 1.29 is 9.47 Å². The number of hydrogen-bond acceptors (Lipinski definition) is 4. The second-order valence-corrected chi connectivity index (χ2v) is 6.38. The number of ether oxygens (including phenoxy) is 2. The number of halogens is 1. The first-order chi connectivity index (χ1) is 12.5. The van der Waals surface area contributed by atoms with E-state index in [1.807, 2.05) is 50.2 Å². The summed E-state index contributed by atoms with van der Waals surface area (Å²) < 4.78 is 11.2. The third kappa shape index (κ3) is 5.89. The maximum Gasteiger partial charge on any atom is 0.191 e. The summed E-state index contributed by atoms with van der Waals surface area (Å²) in [6, 6.07) is 13.2. The Hall–Kier alpha value is -2.31. The Morgan fingerprint density at radius 3 is 2.69 bits per heavy atom. The van der Waals surface area contributed by atoms with Gasteiger partial charge in [-0.2, -0.15) is 5.10 Å². The number of hydrazone groups is 1. The zero-order chi connectivity index (χ0) is 18.9. The first kappa shape index (κ1) is 20.0. The molecule has 0 aliphatic heterocycles. The minimum atomic E-state index is 0.0454. The lowest BCUT2D eigenvalue weighted by Gasteiger charge is -2.17. The molecule has 2 rings (SSSR count). The van der Waals surface area contributed by atoms with Gasteiger partial charge in [-0.15, -0.1) is 0 Å². The van der Waals surface area contributed by atoms with Crippen molar-refractivity contribution in [3.8, 4) is 11.5 Å². The molecule has 0 aliphatic carbocycles. The molecule has 7 heteroatoms. The third-order valence-electron chi connectivity index (χ3n) is 3.56. The fourth-order valence-corrected chi connectivity index (χ4v) is 2.49. The summed E-state index contributed by atoms with van der Waals surface area (Å²) in [5, 5.41) is 8.02. The van der Waals surface area contributed by atoms with Gasteiger partial charge in [0.2, 0.25) is 0 Å². The Labute approximate surface area is 164 Å². The van der Waals surface area contributed by atoms with Crippen molar-refractivity contribution in [3.63, 3.8) is 0 Å². The van der Waals surface area contributed by atoms with E-state index in [9.17, 15) is 0 Å². The highest BCUT2D eigenvalue weighted by Crippen LogP contribution is 2.37. The van der Waals surface area contributed by atoms with Gasteiger partial charge in [0.15, 0.2) is 16.6 Å². The molecule has 0 fully saturated rings. The van der Waals surface area contributed by atoms with Crippen LogP contribution in [0.3, 0.4) is 0 Å². The smallest absolute Gasteiger partial charge is 0.191 e. The molecule has 2 aromatic rings. The molecular formula is C19H22ClN3O2S. The number of methoxy groups -OCH3 is 1. The van der Waals surface area contributed by atoms with Crippen LogP contribution >= 0.6 is 23.8 Å². The lowest BCUT2D eigenvalue weighted by Crippen LogP contribution is -2.23. The monoisotopic (exact) mass is 391 g/mol. The largest absolute Gasteiger partial charge is 0.493 e. The number of nitrogens with one attached hydrogen (secondary N) is 2. The second-order valence-electron chi connectivity index (χ2n) is 5.56. The molecule has 2 N–H and O–H groups in total. The van der Waals surface area contributed by atoms with E-state index in [1.165, 1.54) is 0 Å². The van der Waals surface area contributed by atoms with Crippen LogP contribution in [-0.2, 0) is 0 Å². The zero-order valence-corrected chi connectivity index (χ0v) is 16.5. The normalized spacial score (nSPS) is 11.8. The van der Waals surface area contributed by atoms with E-state index in [0.717, 1.165) is 17.7 Å². The van der Waals surface area contributed by atoms with Crippen molar-refractivity contribution in [1.29, 1.82) is 0 Å². The van der Waals surface area contributed by atoms with Gasteiger partial charge in [0.05, 0.1) is 24.5 Å². The highest BCUT2D eigenvalue weighted by atomic mass is 35.5. The highest BCUT2D eigenvalue weighted by molar-refractivity contribution is 7.80. The van der Waals surface area contributed by atoms with E-state index < -0.39 is 0 Å². The molecule has 2 aromatic carbocycles. The van der Waals surface area contributed by atoms with Crippen LogP contribution in [0.25, 0.3) is 0 Å². The van der Waals surface area contributed by atoms with E-state index in [1.54, 1.807) is 19.4 Å². The van der Waals surface area contributed by atoms with Crippen LogP contribution < -0.4 is 20.2 Å². The first-order valence-corrected chi connectivity index (χ1v) is 9.01. The van der Waals surface area contributed by atoms with Crippen molar-refractivity contribution in [3.05, 3.63) is 53.1 Å². The van der Waals surface area contributed by atoms with Crippen LogP contribution in [-0.4, -0.2) is 24.5 Å². The van der Waals surface area contributed by atoms with Gasteiger partial charge in [0.25, 0.3) is 0 Å². The van der Waals surface area contributed by atoms with Gasteiger partial charge in [-0.25, -0.2) is 0 Å². The van der Waals surface area contributed by atoms with Gasteiger partial charge in [-0.05, 0) is 55.4 Å². The number of para-hydroxylation sites is 1. The Morgan fingerprint density at radius 1 is 1.31 bits per heavy atom. The second kappa shape index (κ2) is 9.99. The van der Waals surface area contributed by atoms with Crippen molar-refractivity contribution in [2.24, 2.45) is 5.10 Å². The van der Waals surface area contributed by atoms with Crippen molar-refractivity contribution in [2.45, 2.75) is 26.4 Å². The predicted molar refractivity (Wildman–Crippen MR) is 112 cm³/mol. The van der Waals surface area contributed by atoms with E-state index in [4.69, 9.17) is 33.3 Å². The molecule has 0 saturated heterocycles. The summed E-state index contributed by atoms with van der Waals surface area (Å²) in [5.74, 6) is 1.10. The zero-order valence-electron chi connectivity index (χ0n) is 15.0. The van der Waals surface area contributed by atoms with Crippen LogP contribution in [0.2, 0.25) is 5.02 Å². The molecule has 26 heavy (non-hydrogen) atoms. The van der Waals surface area contributed by atoms with E-state index in [0.29, 0.717) is 21.6 Å². The van der Waals surface area contributed by atoms with Gasteiger partial charge < -0.3 is 14.8 Å². The Bertz CT molecular complexity index is 769. The summed E-state index contributed by atoms with van der Waals surface area (Å²) in [6.45, 7) is 4.03.